The molecule has 6 heteroatoms. The van der Waals surface area contributed by atoms with Gasteiger partial charge in [0.15, 0.2) is 5.60 Å². The zero-order valence-corrected chi connectivity index (χ0v) is 15.9. The summed E-state index contributed by atoms with van der Waals surface area (Å²) in [6, 6.07) is 6.97. The maximum Gasteiger partial charge on any atom is 0.338 e. The molecule has 4 rings (SSSR count). The monoisotopic (exact) mass is 382 g/mol. The molecule has 1 saturated heterocycles. The van der Waals surface area contributed by atoms with Crippen LogP contribution in [0.1, 0.15) is 32.4 Å². The summed E-state index contributed by atoms with van der Waals surface area (Å²) in [7, 11) is 0. The minimum absolute atomic E-state index is 0.0115. The Morgan fingerprint density at radius 3 is 2.82 bits per heavy atom. The number of rotatable bonds is 3. The van der Waals surface area contributed by atoms with Crippen LogP contribution in [0.25, 0.3) is 17.2 Å². The third kappa shape index (κ3) is 3.11. The van der Waals surface area contributed by atoms with Crippen molar-refractivity contribution in [3.63, 3.8) is 0 Å². The fourth-order valence-corrected chi connectivity index (χ4v) is 4.55. The van der Waals surface area contributed by atoms with Crippen molar-refractivity contribution < 1.29 is 19.0 Å². The van der Waals surface area contributed by atoms with Gasteiger partial charge in [-0.1, -0.05) is 19.1 Å². The standard InChI is InChI=1S/C22H23FN2O3/c1-13-9-10-22(27)19(14(2)28-21(22)26)17(13)8-7-16-6-5-15(12-25-16)18-4-3-11-24-20(18)23/h3-8,11-14,17,19,27H,9-10H2,1-2H3/t13-,14+,17-,19-,22-/m0/s1. The van der Waals surface area contributed by atoms with Crippen molar-refractivity contribution in [1.82, 2.24) is 9.97 Å². The van der Waals surface area contributed by atoms with Crippen molar-refractivity contribution >= 4 is 12.0 Å². The molecule has 0 amide bonds. The van der Waals surface area contributed by atoms with E-state index in [2.05, 4.69) is 16.9 Å². The van der Waals surface area contributed by atoms with E-state index in [-0.39, 0.29) is 17.9 Å². The second-order valence-corrected chi connectivity index (χ2v) is 7.83. The van der Waals surface area contributed by atoms with E-state index >= 15 is 0 Å². The summed E-state index contributed by atoms with van der Waals surface area (Å²) in [5.74, 6) is -0.956. The zero-order valence-electron chi connectivity index (χ0n) is 15.9. The number of pyridine rings is 2. The van der Waals surface area contributed by atoms with E-state index in [4.69, 9.17) is 4.74 Å². The molecule has 0 aromatic carbocycles. The second kappa shape index (κ2) is 7.09. The summed E-state index contributed by atoms with van der Waals surface area (Å²) in [6.07, 6.45) is 7.82. The lowest BCUT2D eigenvalue weighted by molar-refractivity contribution is -0.158. The number of allylic oxidation sites excluding steroid dienone is 1. The summed E-state index contributed by atoms with van der Waals surface area (Å²) < 4.78 is 19.2. The Kier molecular flexibility index (Phi) is 4.75. The van der Waals surface area contributed by atoms with Gasteiger partial charge >= 0.3 is 5.97 Å². The van der Waals surface area contributed by atoms with Gasteiger partial charge < -0.3 is 9.84 Å². The van der Waals surface area contributed by atoms with Gasteiger partial charge in [-0.3, -0.25) is 4.98 Å². The predicted octanol–water partition coefficient (Wildman–Crippen LogP) is 3.63. The average molecular weight is 382 g/mol. The fourth-order valence-electron chi connectivity index (χ4n) is 4.55. The molecule has 2 fully saturated rings. The Bertz CT molecular complexity index is 914. The molecule has 0 radical (unpaired) electrons. The number of fused-ring (bicyclic) bond motifs is 1. The summed E-state index contributed by atoms with van der Waals surface area (Å²) >= 11 is 0. The number of hydrogen-bond donors (Lipinski definition) is 1. The number of cyclic esters (lactones) is 1. The Hall–Kier alpha value is -2.60. The van der Waals surface area contributed by atoms with Crippen molar-refractivity contribution in [2.45, 2.75) is 38.4 Å². The largest absolute Gasteiger partial charge is 0.460 e. The molecule has 1 aliphatic heterocycles. The highest BCUT2D eigenvalue weighted by molar-refractivity contribution is 5.82. The summed E-state index contributed by atoms with van der Waals surface area (Å²) in [5.41, 5.74) is 0.404. The molecule has 2 aromatic heterocycles. The van der Waals surface area contributed by atoms with Crippen molar-refractivity contribution in [1.29, 1.82) is 0 Å². The molecular formula is C22H23FN2O3. The molecular weight excluding hydrogens is 359 g/mol. The Morgan fingerprint density at radius 1 is 1.29 bits per heavy atom. The number of esters is 1. The Labute approximate surface area is 163 Å². The lowest BCUT2D eigenvalue weighted by Crippen LogP contribution is -2.50. The molecule has 3 heterocycles. The molecule has 2 aromatic rings. The minimum atomic E-state index is -1.39. The molecule has 5 atom stereocenters. The predicted molar refractivity (Wildman–Crippen MR) is 102 cm³/mol. The summed E-state index contributed by atoms with van der Waals surface area (Å²) in [4.78, 5) is 20.2. The van der Waals surface area contributed by atoms with Gasteiger partial charge in [0.25, 0.3) is 0 Å². The zero-order chi connectivity index (χ0) is 19.9. The lowest BCUT2D eigenvalue weighted by Gasteiger charge is -2.40. The number of carbonyl (C=O) groups excluding carboxylic acids is 1. The highest BCUT2D eigenvalue weighted by Crippen LogP contribution is 2.49. The number of nitrogens with zero attached hydrogens (tertiary/aromatic N) is 2. The second-order valence-electron chi connectivity index (χ2n) is 7.83. The van der Waals surface area contributed by atoms with Gasteiger partial charge in [-0.05, 0) is 55.9 Å². The van der Waals surface area contributed by atoms with Crippen LogP contribution in [0, 0.1) is 23.7 Å². The highest BCUT2D eigenvalue weighted by Gasteiger charge is 2.59. The van der Waals surface area contributed by atoms with Crippen LogP contribution < -0.4 is 0 Å². The third-order valence-electron chi connectivity index (χ3n) is 6.10. The fraction of sp³-hybridized carbons (Fsp3) is 0.409. The quantitative estimate of drug-likeness (QED) is 0.648. The molecule has 1 N–H and O–H groups in total. The molecule has 0 spiro atoms. The molecule has 5 nitrogen and oxygen atoms in total. The van der Waals surface area contributed by atoms with E-state index in [1.165, 1.54) is 6.20 Å². The van der Waals surface area contributed by atoms with E-state index in [0.29, 0.717) is 23.5 Å². The van der Waals surface area contributed by atoms with Gasteiger partial charge in [-0.25, -0.2) is 9.78 Å². The molecule has 0 bridgehead atoms. The number of carbonyl (C=O) groups is 1. The van der Waals surface area contributed by atoms with Crippen molar-refractivity contribution in [3.8, 4) is 11.1 Å². The highest BCUT2D eigenvalue weighted by atomic mass is 19.1. The van der Waals surface area contributed by atoms with Crippen molar-refractivity contribution in [2.24, 2.45) is 17.8 Å². The van der Waals surface area contributed by atoms with E-state index in [0.717, 1.165) is 12.1 Å². The van der Waals surface area contributed by atoms with Gasteiger partial charge in [0.1, 0.15) is 6.10 Å². The normalized spacial score (nSPS) is 32.4. The van der Waals surface area contributed by atoms with Gasteiger partial charge in [0.2, 0.25) is 5.95 Å². The van der Waals surface area contributed by atoms with Gasteiger partial charge in [-0.15, -0.1) is 0 Å². The third-order valence-corrected chi connectivity index (χ3v) is 6.10. The number of ether oxygens (including phenoxy) is 1. The SMILES string of the molecule is C[C@H]1CC[C@@]2(O)C(=O)O[C@H](C)[C@H]2[C@H]1C=Cc1ccc(-c2cccnc2F)cn1. The molecule has 146 valence electrons. The van der Waals surface area contributed by atoms with Crippen LogP contribution in [-0.2, 0) is 9.53 Å². The number of hydrogen-bond acceptors (Lipinski definition) is 5. The first-order chi connectivity index (χ1) is 13.4. The first-order valence-corrected chi connectivity index (χ1v) is 9.59. The molecule has 0 unspecified atom stereocenters. The van der Waals surface area contributed by atoms with Crippen LogP contribution >= 0.6 is 0 Å². The average Bonchev–Trinajstić information content (AvgIpc) is 2.91. The van der Waals surface area contributed by atoms with Crippen LogP contribution in [-0.4, -0.2) is 32.7 Å². The Morgan fingerprint density at radius 2 is 2.11 bits per heavy atom. The lowest BCUT2D eigenvalue weighted by atomic mass is 9.64. The number of halogens is 1. The van der Waals surface area contributed by atoms with Gasteiger partial charge in [-0.2, -0.15) is 4.39 Å². The van der Waals surface area contributed by atoms with E-state index in [9.17, 15) is 14.3 Å². The van der Waals surface area contributed by atoms with Crippen LogP contribution in [0.2, 0.25) is 0 Å². The van der Waals surface area contributed by atoms with Gasteiger partial charge in [0.05, 0.1) is 5.69 Å². The van der Waals surface area contributed by atoms with Gasteiger partial charge in [0, 0.05) is 29.4 Å². The van der Waals surface area contributed by atoms with Crippen LogP contribution in [0.5, 0.6) is 0 Å². The molecule has 2 aliphatic rings. The van der Waals surface area contributed by atoms with Crippen molar-refractivity contribution in [3.05, 3.63) is 54.4 Å². The van der Waals surface area contributed by atoms with Crippen LogP contribution in [0.4, 0.5) is 4.39 Å². The topological polar surface area (TPSA) is 72.3 Å². The first kappa shape index (κ1) is 18.7. The van der Waals surface area contributed by atoms with Crippen LogP contribution in [0.15, 0.2) is 42.7 Å². The summed E-state index contributed by atoms with van der Waals surface area (Å²) in [5, 5.41) is 10.9. The van der Waals surface area contributed by atoms with E-state index in [1.807, 2.05) is 25.1 Å². The van der Waals surface area contributed by atoms with Crippen LogP contribution in [0.3, 0.4) is 0 Å². The van der Waals surface area contributed by atoms with E-state index in [1.54, 1.807) is 24.4 Å². The maximum atomic E-state index is 13.8. The molecule has 28 heavy (non-hydrogen) atoms. The first-order valence-electron chi connectivity index (χ1n) is 9.59. The molecule has 1 aliphatic carbocycles. The van der Waals surface area contributed by atoms with Crippen molar-refractivity contribution in [2.75, 3.05) is 0 Å². The number of aliphatic hydroxyl groups is 1. The molecule has 1 saturated carbocycles. The minimum Gasteiger partial charge on any atom is -0.460 e. The van der Waals surface area contributed by atoms with E-state index < -0.39 is 17.5 Å². The summed E-state index contributed by atoms with van der Waals surface area (Å²) in [6.45, 7) is 3.97. The number of aromatic nitrogens is 2. The maximum absolute atomic E-state index is 13.8. The Balaban J connectivity index is 1.56. The smallest absolute Gasteiger partial charge is 0.338 e.